The third-order valence-electron chi connectivity index (χ3n) is 3.61. The summed E-state index contributed by atoms with van der Waals surface area (Å²) in [5.74, 6) is 1.64. The van der Waals surface area contributed by atoms with Crippen LogP contribution in [0.1, 0.15) is 24.4 Å². The average Bonchev–Trinajstić information content (AvgIpc) is 2.76. The molecule has 1 aromatic rings. The predicted molar refractivity (Wildman–Crippen MR) is 63.3 cm³/mol. The Morgan fingerprint density at radius 3 is 3.06 bits per heavy atom. The number of benzene rings is 1. The Morgan fingerprint density at radius 1 is 1.47 bits per heavy atom. The molecule has 1 fully saturated rings. The number of nitrogens with two attached hydrogens (primary N) is 1. The minimum atomic E-state index is -0.223. The van der Waals surface area contributed by atoms with Crippen LogP contribution >= 0.6 is 0 Å². The highest BCUT2D eigenvalue weighted by molar-refractivity contribution is 5.44. The van der Waals surface area contributed by atoms with Crippen molar-refractivity contribution in [3.8, 4) is 11.5 Å². The maximum Gasteiger partial charge on any atom is 0.136 e. The quantitative estimate of drug-likeness (QED) is 0.804. The van der Waals surface area contributed by atoms with Gasteiger partial charge in [0, 0.05) is 30.5 Å². The molecule has 0 saturated carbocycles. The summed E-state index contributed by atoms with van der Waals surface area (Å²) in [5.41, 5.74) is 7.05. The maximum atomic E-state index is 6.22. The Morgan fingerprint density at radius 2 is 2.35 bits per heavy atom. The largest absolute Gasteiger partial charge is 0.497 e. The van der Waals surface area contributed by atoms with E-state index in [1.807, 2.05) is 18.2 Å². The lowest BCUT2D eigenvalue weighted by Gasteiger charge is -2.37. The van der Waals surface area contributed by atoms with Crippen LogP contribution in [0.4, 0.5) is 0 Å². The van der Waals surface area contributed by atoms with Crippen molar-refractivity contribution in [1.82, 2.24) is 0 Å². The molecule has 3 rings (SSSR count). The van der Waals surface area contributed by atoms with Crippen molar-refractivity contribution < 1.29 is 14.2 Å². The summed E-state index contributed by atoms with van der Waals surface area (Å²) in [6.45, 7) is 1.39. The Balaban J connectivity index is 1.97. The molecule has 1 spiro atoms. The minimum absolute atomic E-state index is 0.0198. The number of hydrogen-bond acceptors (Lipinski definition) is 4. The summed E-state index contributed by atoms with van der Waals surface area (Å²) in [6, 6.07) is 5.84. The number of hydrogen-bond donors (Lipinski definition) is 1. The Bertz CT molecular complexity index is 427. The minimum Gasteiger partial charge on any atom is -0.497 e. The van der Waals surface area contributed by atoms with Gasteiger partial charge in [0.1, 0.15) is 17.1 Å². The van der Waals surface area contributed by atoms with Crippen molar-refractivity contribution in [1.29, 1.82) is 0 Å². The van der Waals surface area contributed by atoms with Gasteiger partial charge in [0.2, 0.25) is 0 Å². The molecule has 2 aliphatic heterocycles. The first-order valence-electron chi connectivity index (χ1n) is 5.93. The SMILES string of the molecule is COc1ccc2c(c1)OC1(CCOC1)CC2N. The molecular formula is C13H17NO3. The van der Waals surface area contributed by atoms with Crippen molar-refractivity contribution in [2.45, 2.75) is 24.5 Å². The molecule has 2 atom stereocenters. The van der Waals surface area contributed by atoms with E-state index >= 15 is 0 Å². The third-order valence-corrected chi connectivity index (χ3v) is 3.61. The van der Waals surface area contributed by atoms with Gasteiger partial charge >= 0.3 is 0 Å². The number of ether oxygens (including phenoxy) is 3. The molecule has 92 valence electrons. The van der Waals surface area contributed by atoms with Crippen LogP contribution in [0.5, 0.6) is 11.5 Å². The van der Waals surface area contributed by atoms with Crippen molar-refractivity contribution in [3.05, 3.63) is 23.8 Å². The topological polar surface area (TPSA) is 53.7 Å². The zero-order valence-electron chi connectivity index (χ0n) is 9.94. The second-order valence-electron chi connectivity index (χ2n) is 4.80. The monoisotopic (exact) mass is 235 g/mol. The highest BCUT2D eigenvalue weighted by Gasteiger charge is 2.43. The van der Waals surface area contributed by atoms with Crippen molar-refractivity contribution in [3.63, 3.8) is 0 Å². The van der Waals surface area contributed by atoms with E-state index in [1.54, 1.807) is 7.11 Å². The van der Waals surface area contributed by atoms with Crippen LogP contribution in [-0.4, -0.2) is 25.9 Å². The molecule has 2 unspecified atom stereocenters. The molecule has 2 N–H and O–H groups in total. The predicted octanol–water partition coefficient (Wildman–Crippen LogP) is 1.64. The number of rotatable bonds is 1. The number of fused-ring (bicyclic) bond motifs is 1. The number of methoxy groups -OCH3 is 1. The fraction of sp³-hybridized carbons (Fsp3) is 0.538. The van der Waals surface area contributed by atoms with Gasteiger partial charge in [-0.15, -0.1) is 0 Å². The first-order chi connectivity index (χ1) is 8.22. The molecule has 0 aliphatic carbocycles. The molecule has 4 nitrogen and oxygen atoms in total. The Kier molecular flexibility index (Phi) is 2.49. The Labute approximate surface area is 101 Å². The molecule has 0 radical (unpaired) electrons. The van der Waals surface area contributed by atoms with Gasteiger partial charge in [0.25, 0.3) is 0 Å². The highest BCUT2D eigenvalue weighted by Crippen LogP contribution is 2.43. The summed E-state index contributed by atoms with van der Waals surface area (Å²) < 4.78 is 16.8. The smallest absolute Gasteiger partial charge is 0.136 e. The lowest BCUT2D eigenvalue weighted by atomic mass is 9.87. The molecule has 2 aliphatic rings. The van der Waals surface area contributed by atoms with Gasteiger partial charge in [-0.25, -0.2) is 0 Å². The third kappa shape index (κ3) is 1.77. The van der Waals surface area contributed by atoms with E-state index in [0.717, 1.165) is 36.5 Å². The fourth-order valence-corrected chi connectivity index (χ4v) is 2.65. The molecule has 0 bridgehead atoms. The lowest BCUT2D eigenvalue weighted by Crippen LogP contribution is -2.43. The first kappa shape index (κ1) is 10.9. The van der Waals surface area contributed by atoms with Gasteiger partial charge < -0.3 is 19.9 Å². The van der Waals surface area contributed by atoms with E-state index in [2.05, 4.69) is 0 Å². The summed E-state index contributed by atoms with van der Waals surface area (Å²) in [4.78, 5) is 0. The molecule has 17 heavy (non-hydrogen) atoms. The van der Waals surface area contributed by atoms with Crippen LogP contribution in [0.2, 0.25) is 0 Å². The maximum absolute atomic E-state index is 6.22. The van der Waals surface area contributed by atoms with Gasteiger partial charge in [-0.1, -0.05) is 6.07 Å². The van der Waals surface area contributed by atoms with Crippen LogP contribution in [0, 0.1) is 0 Å². The summed E-state index contributed by atoms with van der Waals surface area (Å²) in [7, 11) is 1.65. The van der Waals surface area contributed by atoms with E-state index in [1.165, 1.54) is 0 Å². The average molecular weight is 235 g/mol. The molecule has 1 saturated heterocycles. The fourth-order valence-electron chi connectivity index (χ4n) is 2.65. The van der Waals surface area contributed by atoms with Crippen LogP contribution in [0.25, 0.3) is 0 Å². The normalized spacial score (nSPS) is 31.1. The molecule has 0 amide bonds. The van der Waals surface area contributed by atoms with E-state index in [4.69, 9.17) is 19.9 Å². The summed E-state index contributed by atoms with van der Waals surface area (Å²) in [5, 5.41) is 0. The van der Waals surface area contributed by atoms with Gasteiger partial charge in [-0.2, -0.15) is 0 Å². The molecule has 4 heteroatoms. The summed E-state index contributed by atoms with van der Waals surface area (Å²) in [6.07, 6.45) is 1.74. The zero-order valence-corrected chi connectivity index (χ0v) is 9.94. The first-order valence-corrected chi connectivity index (χ1v) is 5.93. The van der Waals surface area contributed by atoms with Crippen molar-refractivity contribution in [2.24, 2.45) is 5.73 Å². The van der Waals surface area contributed by atoms with Gasteiger partial charge in [-0.05, 0) is 6.07 Å². The zero-order chi connectivity index (χ0) is 11.9. The van der Waals surface area contributed by atoms with Crippen LogP contribution < -0.4 is 15.2 Å². The van der Waals surface area contributed by atoms with E-state index in [-0.39, 0.29) is 11.6 Å². The van der Waals surface area contributed by atoms with Crippen LogP contribution in [-0.2, 0) is 4.74 Å². The second kappa shape index (κ2) is 3.89. The standard InChI is InChI=1S/C13H17NO3/c1-15-9-2-3-10-11(14)7-13(4-5-16-8-13)17-12(10)6-9/h2-3,6,11H,4-5,7-8,14H2,1H3. The van der Waals surface area contributed by atoms with Crippen LogP contribution in [0.15, 0.2) is 18.2 Å². The van der Waals surface area contributed by atoms with E-state index < -0.39 is 0 Å². The van der Waals surface area contributed by atoms with E-state index in [9.17, 15) is 0 Å². The van der Waals surface area contributed by atoms with Crippen LogP contribution in [0.3, 0.4) is 0 Å². The molecular weight excluding hydrogens is 218 g/mol. The molecule has 0 aromatic heterocycles. The van der Waals surface area contributed by atoms with E-state index in [0.29, 0.717) is 6.61 Å². The second-order valence-corrected chi connectivity index (χ2v) is 4.80. The summed E-state index contributed by atoms with van der Waals surface area (Å²) >= 11 is 0. The Hall–Kier alpha value is -1.26. The van der Waals surface area contributed by atoms with Gasteiger partial charge in [-0.3, -0.25) is 0 Å². The lowest BCUT2D eigenvalue weighted by molar-refractivity contribution is 0.0233. The van der Waals surface area contributed by atoms with Gasteiger partial charge in [0.15, 0.2) is 0 Å². The molecule has 2 heterocycles. The van der Waals surface area contributed by atoms with Crippen molar-refractivity contribution >= 4 is 0 Å². The highest BCUT2D eigenvalue weighted by atomic mass is 16.6. The van der Waals surface area contributed by atoms with Gasteiger partial charge in [0.05, 0.1) is 20.3 Å². The molecule has 1 aromatic carbocycles. The van der Waals surface area contributed by atoms with Crippen molar-refractivity contribution in [2.75, 3.05) is 20.3 Å².